The normalized spacial score (nSPS) is 16.4. The average Bonchev–Trinajstić information content (AvgIpc) is 2.33. The van der Waals surface area contributed by atoms with Crippen LogP contribution in [0.25, 0.3) is 0 Å². The van der Waals surface area contributed by atoms with E-state index in [9.17, 15) is 14.4 Å². The van der Waals surface area contributed by atoms with Crippen LogP contribution in [0.3, 0.4) is 0 Å². The molecule has 0 heterocycles. The molecule has 0 aromatic heterocycles. The molecular formula is C16H19NO3. The lowest BCUT2D eigenvalue weighted by atomic mass is 9.86. The number of hydrogen-bond donors (Lipinski definition) is 1. The highest BCUT2D eigenvalue weighted by molar-refractivity contribution is 6.23. The first kappa shape index (κ1) is 14.4. The van der Waals surface area contributed by atoms with Crippen molar-refractivity contribution in [3.63, 3.8) is 0 Å². The first-order chi connectivity index (χ1) is 9.40. The van der Waals surface area contributed by atoms with Gasteiger partial charge in [-0.1, -0.05) is 17.7 Å². The van der Waals surface area contributed by atoms with E-state index in [1.54, 1.807) is 0 Å². The topological polar surface area (TPSA) is 63.2 Å². The second-order valence-corrected chi connectivity index (χ2v) is 5.48. The van der Waals surface area contributed by atoms with Crippen LogP contribution in [-0.4, -0.2) is 17.5 Å². The first-order valence-corrected chi connectivity index (χ1v) is 6.84. The molecule has 4 nitrogen and oxygen atoms in total. The zero-order chi connectivity index (χ0) is 14.9. The number of Topliss-reactive ketones (excluding diaryl/α,β-unsaturated/α-hetero) is 2. The minimum Gasteiger partial charge on any atom is -0.325 e. The maximum Gasteiger partial charge on any atom is 0.242 e. The van der Waals surface area contributed by atoms with Gasteiger partial charge in [-0.15, -0.1) is 0 Å². The molecule has 1 saturated carbocycles. The van der Waals surface area contributed by atoms with Gasteiger partial charge in [0.2, 0.25) is 5.91 Å². The number of nitrogens with one attached hydrogen (secondary N) is 1. The van der Waals surface area contributed by atoms with Crippen molar-refractivity contribution < 1.29 is 14.4 Å². The van der Waals surface area contributed by atoms with E-state index >= 15 is 0 Å². The molecule has 1 fully saturated rings. The highest BCUT2D eigenvalue weighted by Gasteiger charge is 2.36. The smallest absolute Gasteiger partial charge is 0.242 e. The molecule has 106 valence electrons. The summed E-state index contributed by atoms with van der Waals surface area (Å²) >= 11 is 0. The van der Waals surface area contributed by atoms with Crippen molar-refractivity contribution in [2.45, 2.75) is 40.0 Å². The summed E-state index contributed by atoms with van der Waals surface area (Å²) in [4.78, 5) is 35.8. The monoisotopic (exact) mass is 273 g/mol. The lowest BCUT2D eigenvalue weighted by Gasteiger charge is -2.20. The van der Waals surface area contributed by atoms with Gasteiger partial charge in [0.1, 0.15) is 0 Å². The Morgan fingerprint density at radius 3 is 2.05 bits per heavy atom. The zero-order valence-corrected chi connectivity index (χ0v) is 12.1. The lowest BCUT2D eigenvalue weighted by Crippen LogP contribution is -2.38. The van der Waals surface area contributed by atoms with E-state index in [0.29, 0.717) is 24.9 Å². The molecule has 1 aliphatic carbocycles. The second kappa shape index (κ2) is 5.57. The fourth-order valence-corrected chi connectivity index (χ4v) is 2.77. The summed E-state index contributed by atoms with van der Waals surface area (Å²) in [5, 5.41) is 2.76. The van der Waals surface area contributed by atoms with Crippen molar-refractivity contribution in [1.82, 2.24) is 0 Å². The number of aryl methyl sites for hydroxylation is 3. The average molecular weight is 273 g/mol. The Labute approximate surface area is 118 Å². The highest BCUT2D eigenvalue weighted by atomic mass is 16.2. The van der Waals surface area contributed by atoms with Gasteiger partial charge in [-0.2, -0.15) is 0 Å². The van der Waals surface area contributed by atoms with Crippen molar-refractivity contribution in [1.29, 1.82) is 0 Å². The van der Waals surface area contributed by atoms with Crippen LogP contribution in [0.1, 0.15) is 36.0 Å². The third-order valence-electron chi connectivity index (χ3n) is 3.68. The van der Waals surface area contributed by atoms with Gasteiger partial charge in [-0.3, -0.25) is 14.4 Å². The molecule has 1 N–H and O–H groups in total. The molecule has 1 amide bonds. The molecule has 1 aliphatic rings. The minimum absolute atomic E-state index is 0.263. The van der Waals surface area contributed by atoms with Crippen molar-refractivity contribution in [2.75, 3.05) is 5.32 Å². The SMILES string of the molecule is Cc1cc(C)c(NC(=O)C2C(=O)CCCC2=O)c(C)c1. The number of anilines is 1. The molecule has 4 heteroatoms. The van der Waals surface area contributed by atoms with Crippen molar-refractivity contribution in [3.8, 4) is 0 Å². The predicted octanol–water partition coefficient (Wildman–Crippen LogP) is 2.49. The maximum absolute atomic E-state index is 12.2. The third-order valence-corrected chi connectivity index (χ3v) is 3.68. The third kappa shape index (κ3) is 2.79. The Bertz CT molecular complexity index is 550. The number of carbonyl (C=O) groups is 3. The van der Waals surface area contributed by atoms with Gasteiger partial charge in [0, 0.05) is 18.5 Å². The quantitative estimate of drug-likeness (QED) is 0.842. The van der Waals surface area contributed by atoms with E-state index in [1.165, 1.54) is 0 Å². The van der Waals surface area contributed by atoms with Crippen LogP contribution in [0.4, 0.5) is 5.69 Å². The van der Waals surface area contributed by atoms with E-state index in [2.05, 4.69) is 5.32 Å². The molecule has 0 saturated heterocycles. The van der Waals surface area contributed by atoms with Crippen molar-refractivity contribution >= 4 is 23.2 Å². The van der Waals surface area contributed by atoms with Gasteiger partial charge < -0.3 is 5.32 Å². The summed E-state index contributed by atoms with van der Waals surface area (Å²) in [5.41, 5.74) is 3.69. The van der Waals surface area contributed by atoms with E-state index in [1.807, 2.05) is 32.9 Å². The summed E-state index contributed by atoms with van der Waals surface area (Å²) in [7, 11) is 0. The molecule has 20 heavy (non-hydrogen) atoms. The number of amides is 1. The van der Waals surface area contributed by atoms with Crippen LogP contribution in [0.15, 0.2) is 12.1 Å². The van der Waals surface area contributed by atoms with E-state index < -0.39 is 11.8 Å². The number of hydrogen-bond acceptors (Lipinski definition) is 3. The van der Waals surface area contributed by atoms with Crippen LogP contribution in [0, 0.1) is 26.7 Å². The molecular weight excluding hydrogens is 254 g/mol. The van der Waals surface area contributed by atoms with E-state index in [4.69, 9.17) is 0 Å². The molecule has 1 aromatic carbocycles. The van der Waals surface area contributed by atoms with Gasteiger partial charge >= 0.3 is 0 Å². The number of ketones is 2. The van der Waals surface area contributed by atoms with E-state index in [-0.39, 0.29) is 11.6 Å². The van der Waals surface area contributed by atoms with E-state index in [0.717, 1.165) is 16.7 Å². The summed E-state index contributed by atoms with van der Waals surface area (Å²) in [6, 6.07) is 3.93. The lowest BCUT2D eigenvalue weighted by molar-refractivity contribution is -0.140. The van der Waals surface area contributed by atoms with Crippen LogP contribution in [0.2, 0.25) is 0 Å². The number of carbonyl (C=O) groups excluding carboxylic acids is 3. The fourth-order valence-electron chi connectivity index (χ4n) is 2.77. The summed E-state index contributed by atoms with van der Waals surface area (Å²) in [5.74, 6) is -2.14. The number of benzene rings is 1. The van der Waals surface area contributed by atoms with Crippen LogP contribution >= 0.6 is 0 Å². The molecule has 0 unspecified atom stereocenters. The first-order valence-electron chi connectivity index (χ1n) is 6.84. The minimum atomic E-state index is -1.12. The molecule has 2 rings (SSSR count). The Morgan fingerprint density at radius 2 is 1.55 bits per heavy atom. The van der Waals surface area contributed by atoms with Gasteiger partial charge in [0.15, 0.2) is 17.5 Å². The molecule has 0 atom stereocenters. The standard InChI is InChI=1S/C16H19NO3/c1-9-7-10(2)15(11(3)8-9)17-16(20)14-12(18)5-4-6-13(14)19/h7-8,14H,4-6H2,1-3H3,(H,17,20). The van der Waals surface area contributed by atoms with Crippen LogP contribution in [-0.2, 0) is 14.4 Å². The highest BCUT2D eigenvalue weighted by Crippen LogP contribution is 2.24. The van der Waals surface area contributed by atoms with Crippen LogP contribution < -0.4 is 5.32 Å². The zero-order valence-electron chi connectivity index (χ0n) is 12.1. The Balaban J connectivity index is 2.24. The Morgan fingerprint density at radius 1 is 1.05 bits per heavy atom. The van der Waals surface area contributed by atoms with Gasteiger partial charge in [-0.25, -0.2) is 0 Å². The summed E-state index contributed by atoms with van der Waals surface area (Å²) < 4.78 is 0. The molecule has 1 aromatic rings. The van der Waals surface area contributed by atoms with Gasteiger partial charge in [-0.05, 0) is 38.3 Å². The van der Waals surface area contributed by atoms with Gasteiger partial charge in [0.25, 0.3) is 0 Å². The Hall–Kier alpha value is -1.97. The summed E-state index contributed by atoms with van der Waals surface area (Å²) in [6.45, 7) is 5.79. The number of rotatable bonds is 2. The van der Waals surface area contributed by atoms with Crippen molar-refractivity contribution in [2.24, 2.45) is 5.92 Å². The van der Waals surface area contributed by atoms with Crippen LogP contribution in [0.5, 0.6) is 0 Å². The molecule has 0 bridgehead atoms. The molecule has 0 spiro atoms. The summed E-state index contributed by atoms with van der Waals surface area (Å²) in [6.07, 6.45) is 1.19. The fraction of sp³-hybridized carbons (Fsp3) is 0.438. The maximum atomic E-state index is 12.2. The Kier molecular flexibility index (Phi) is 4.02. The van der Waals surface area contributed by atoms with Gasteiger partial charge in [0.05, 0.1) is 0 Å². The molecule has 0 radical (unpaired) electrons. The predicted molar refractivity (Wildman–Crippen MR) is 76.6 cm³/mol. The largest absolute Gasteiger partial charge is 0.325 e. The van der Waals surface area contributed by atoms with Crippen molar-refractivity contribution in [3.05, 3.63) is 28.8 Å². The molecule has 0 aliphatic heterocycles. The second-order valence-electron chi connectivity index (χ2n) is 5.48.